The number of nitrogens with one attached hydrogen (secondary N) is 2. The zero-order chi connectivity index (χ0) is 20.4. The fourth-order valence-corrected chi connectivity index (χ4v) is 4.08. The minimum Gasteiger partial charge on any atom is -0.375 e. The van der Waals surface area contributed by atoms with Crippen molar-refractivity contribution in [3.63, 3.8) is 0 Å². The second kappa shape index (κ2) is 8.00. The molecule has 0 saturated heterocycles. The van der Waals surface area contributed by atoms with Crippen LogP contribution >= 0.6 is 11.3 Å². The fraction of sp³-hybridized carbons (Fsp3) is 0.316. The number of rotatable bonds is 5. The molecular formula is C19H20N6O3S. The summed E-state index contributed by atoms with van der Waals surface area (Å²) in [6.45, 7) is -0.0949. The van der Waals surface area contributed by atoms with Crippen LogP contribution in [0.25, 0.3) is 10.9 Å². The molecule has 1 aliphatic carbocycles. The number of nitrogens with zero attached hydrogens (tertiary/aromatic N) is 3. The Balaban J connectivity index is 1.32. The number of amides is 2. The fourth-order valence-electron chi connectivity index (χ4n) is 3.54. The number of carbonyl (C=O) groups excluding carboxylic acids is 2. The summed E-state index contributed by atoms with van der Waals surface area (Å²) in [7, 11) is 0. The number of anilines is 1. The molecule has 3 aromatic rings. The topological polar surface area (TPSA) is 132 Å². The predicted molar refractivity (Wildman–Crippen MR) is 110 cm³/mol. The van der Waals surface area contributed by atoms with E-state index in [1.54, 1.807) is 23.6 Å². The van der Waals surface area contributed by atoms with Crippen molar-refractivity contribution in [3.8, 4) is 0 Å². The summed E-state index contributed by atoms with van der Waals surface area (Å²) < 4.78 is 1.30. The molecule has 1 aliphatic rings. The van der Waals surface area contributed by atoms with Crippen LogP contribution in [-0.4, -0.2) is 38.4 Å². The van der Waals surface area contributed by atoms with Gasteiger partial charge in [0.05, 0.1) is 17.2 Å². The molecule has 2 aromatic heterocycles. The largest absolute Gasteiger partial charge is 0.375 e. The molecule has 1 aromatic carbocycles. The first-order valence-corrected chi connectivity index (χ1v) is 10.1. The molecule has 2 amide bonds. The Morgan fingerprint density at radius 1 is 1.21 bits per heavy atom. The standard InChI is InChI=1S/C19H20N6O3S/c20-19-24-15(9-29-19)17(27)23-12-6-5-11(7-12)22-16(26)8-25-10-21-14-4-2-1-3-13(14)18(25)28/h1-4,9-12H,5-8H2,(H2,20,24)(H,22,26)(H,23,27)/t11-,12+/m1/s1. The van der Waals surface area contributed by atoms with Crippen molar-refractivity contribution in [2.24, 2.45) is 0 Å². The van der Waals surface area contributed by atoms with E-state index in [0.717, 1.165) is 12.8 Å². The lowest BCUT2D eigenvalue weighted by atomic mass is 10.2. The molecule has 29 heavy (non-hydrogen) atoms. The van der Waals surface area contributed by atoms with Crippen molar-refractivity contribution >= 4 is 39.2 Å². The summed E-state index contributed by atoms with van der Waals surface area (Å²) >= 11 is 1.22. The molecule has 0 bridgehead atoms. The first kappa shape index (κ1) is 19.1. The number of para-hydroxylation sites is 1. The molecule has 1 fully saturated rings. The highest BCUT2D eigenvalue weighted by Crippen LogP contribution is 2.20. The molecule has 1 saturated carbocycles. The quantitative estimate of drug-likeness (QED) is 0.570. The Bertz CT molecular complexity index is 1120. The predicted octanol–water partition coefficient (Wildman–Crippen LogP) is 0.903. The molecule has 4 rings (SSSR count). The SMILES string of the molecule is Nc1nc(C(=O)N[C@H]2CC[C@@H](NC(=O)Cn3cnc4ccccc4c3=O)C2)cs1. The normalized spacial score (nSPS) is 18.6. The smallest absolute Gasteiger partial charge is 0.271 e. The Morgan fingerprint density at radius 2 is 1.97 bits per heavy atom. The van der Waals surface area contributed by atoms with Gasteiger partial charge in [-0.15, -0.1) is 11.3 Å². The van der Waals surface area contributed by atoms with Gasteiger partial charge in [0.15, 0.2) is 5.13 Å². The van der Waals surface area contributed by atoms with Crippen LogP contribution in [0.1, 0.15) is 29.8 Å². The lowest BCUT2D eigenvalue weighted by Gasteiger charge is -2.15. The van der Waals surface area contributed by atoms with Crippen LogP contribution < -0.4 is 21.9 Å². The summed E-state index contributed by atoms with van der Waals surface area (Å²) in [5.74, 6) is -0.517. The van der Waals surface area contributed by atoms with Crippen LogP contribution in [-0.2, 0) is 11.3 Å². The third-order valence-corrected chi connectivity index (χ3v) is 5.61. The van der Waals surface area contributed by atoms with Crippen molar-refractivity contribution < 1.29 is 9.59 Å². The highest BCUT2D eigenvalue weighted by Gasteiger charge is 2.28. The zero-order valence-electron chi connectivity index (χ0n) is 15.5. The molecule has 9 nitrogen and oxygen atoms in total. The summed E-state index contributed by atoms with van der Waals surface area (Å²) in [6, 6.07) is 6.93. The number of thiazole rings is 1. The zero-order valence-corrected chi connectivity index (χ0v) is 16.3. The van der Waals surface area contributed by atoms with Gasteiger partial charge in [-0.2, -0.15) is 0 Å². The molecule has 0 aliphatic heterocycles. The molecule has 2 heterocycles. The van der Waals surface area contributed by atoms with E-state index >= 15 is 0 Å². The second-order valence-electron chi connectivity index (χ2n) is 7.01. The van der Waals surface area contributed by atoms with E-state index < -0.39 is 0 Å². The van der Waals surface area contributed by atoms with Crippen LogP contribution in [0, 0.1) is 0 Å². The molecule has 0 unspecified atom stereocenters. The van der Waals surface area contributed by atoms with Crippen LogP contribution in [0.4, 0.5) is 5.13 Å². The lowest BCUT2D eigenvalue weighted by molar-refractivity contribution is -0.122. The summed E-state index contributed by atoms with van der Waals surface area (Å²) in [5.41, 5.74) is 6.22. The van der Waals surface area contributed by atoms with E-state index in [4.69, 9.17) is 5.73 Å². The number of hydrogen-bond acceptors (Lipinski definition) is 7. The van der Waals surface area contributed by atoms with Gasteiger partial charge in [-0.25, -0.2) is 9.97 Å². The van der Waals surface area contributed by atoms with Crippen LogP contribution in [0.15, 0.2) is 40.8 Å². The van der Waals surface area contributed by atoms with Gasteiger partial charge >= 0.3 is 0 Å². The Morgan fingerprint density at radius 3 is 2.72 bits per heavy atom. The average Bonchev–Trinajstić information content (AvgIpc) is 3.33. The maximum Gasteiger partial charge on any atom is 0.271 e. The number of hydrogen-bond donors (Lipinski definition) is 3. The van der Waals surface area contributed by atoms with E-state index in [-0.39, 0.29) is 36.0 Å². The van der Waals surface area contributed by atoms with E-state index in [1.165, 1.54) is 22.2 Å². The van der Waals surface area contributed by atoms with Gasteiger partial charge in [0.25, 0.3) is 11.5 Å². The number of aromatic nitrogens is 3. The van der Waals surface area contributed by atoms with Crippen molar-refractivity contribution in [1.82, 2.24) is 25.2 Å². The molecule has 2 atom stereocenters. The molecule has 0 radical (unpaired) electrons. The third kappa shape index (κ3) is 4.27. The Labute approximate surface area is 170 Å². The van der Waals surface area contributed by atoms with Gasteiger partial charge in [0.2, 0.25) is 5.91 Å². The van der Waals surface area contributed by atoms with E-state index in [2.05, 4.69) is 20.6 Å². The van der Waals surface area contributed by atoms with Crippen molar-refractivity contribution in [2.75, 3.05) is 5.73 Å². The first-order valence-electron chi connectivity index (χ1n) is 9.25. The van der Waals surface area contributed by atoms with Gasteiger partial charge in [-0.1, -0.05) is 12.1 Å². The number of fused-ring (bicyclic) bond motifs is 1. The van der Waals surface area contributed by atoms with Gasteiger partial charge in [-0.05, 0) is 31.4 Å². The third-order valence-electron chi connectivity index (χ3n) is 4.93. The van der Waals surface area contributed by atoms with Gasteiger partial charge in [0, 0.05) is 17.5 Å². The van der Waals surface area contributed by atoms with Crippen molar-refractivity contribution in [1.29, 1.82) is 0 Å². The minimum atomic E-state index is -0.260. The van der Waals surface area contributed by atoms with E-state index in [0.29, 0.717) is 28.1 Å². The average molecular weight is 412 g/mol. The number of benzene rings is 1. The molecule has 10 heteroatoms. The maximum absolute atomic E-state index is 12.5. The van der Waals surface area contributed by atoms with Crippen LogP contribution in [0.3, 0.4) is 0 Å². The summed E-state index contributed by atoms with van der Waals surface area (Å²) in [5, 5.41) is 8.31. The van der Waals surface area contributed by atoms with E-state index in [1.807, 2.05) is 6.07 Å². The number of nitrogens with two attached hydrogens (primary N) is 1. The van der Waals surface area contributed by atoms with Crippen molar-refractivity contribution in [2.45, 2.75) is 37.9 Å². The highest BCUT2D eigenvalue weighted by molar-refractivity contribution is 7.13. The summed E-state index contributed by atoms with van der Waals surface area (Å²) in [6.07, 6.45) is 3.53. The maximum atomic E-state index is 12.5. The second-order valence-corrected chi connectivity index (χ2v) is 7.90. The van der Waals surface area contributed by atoms with Gasteiger partial charge in [-0.3, -0.25) is 19.0 Å². The van der Waals surface area contributed by atoms with Crippen LogP contribution in [0.5, 0.6) is 0 Å². The van der Waals surface area contributed by atoms with Gasteiger partial charge in [0.1, 0.15) is 12.2 Å². The van der Waals surface area contributed by atoms with Crippen LogP contribution in [0.2, 0.25) is 0 Å². The minimum absolute atomic E-state index is 0.0409. The summed E-state index contributed by atoms with van der Waals surface area (Å²) in [4.78, 5) is 45.3. The van der Waals surface area contributed by atoms with Gasteiger partial charge < -0.3 is 16.4 Å². The first-order chi connectivity index (χ1) is 14.0. The number of carbonyl (C=O) groups is 2. The lowest BCUT2D eigenvalue weighted by Crippen LogP contribution is -2.39. The number of nitrogen functional groups attached to an aromatic ring is 1. The molecule has 0 spiro atoms. The highest BCUT2D eigenvalue weighted by atomic mass is 32.1. The molecular weight excluding hydrogens is 392 g/mol. The monoisotopic (exact) mass is 412 g/mol. The van der Waals surface area contributed by atoms with E-state index in [9.17, 15) is 14.4 Å². The molecule has 150 valence electrons. The van der Waals surface area contributed by atoms with Crippen molar-refractivity contribution in [3.05, 3.63) is 52.0 Å². The molecule has 4 N–H and O–H groups in total. The Kier molecular flexibility index (Phi) is 5.26. The Hall–Kier alpha value is -3.27.